The molecule has 0 aromatic heterocycles. The van der Waals surface area contributed by atoms with E-state index in [9.17, 15) is 0 Å². The van der Waals surface area contributed by atoms with Gasteiger partial charge in [0.1, 0.15) is 11.5 Å². The summed E-state index contributed by atoms with van der Waals surface area (Å²) in [5, 5.41) is 3.52. The first kappa shape index (κ1) is 13.2. The number of hydrogen-bond donors (Lipinski definition) is 2. The molecule has 2 atom stereocenters. The van der Waals surface area contributed by atoms with Crippen LogP contribution in [0, 0.1) is 0 Å². The minimum atomic E-state index is 0.465. The van der Waals surface area contributed by atoms with Gasteiger partial charge in [-0.15, -0.1) is 0 Å². The molecule has 4 nitrogen and oxygen atoms in total. The Labute approximate surface area is 108 Å². The van der Waals surface area contributed by atoms with E-state index in [-0.39, 0.29) is 0 Å². The molecule has 18 heavy (non-hydrogen) atoms. The van der Waals surface area contributed by atoms with E-state index in [1.165, 1.54) is 5.56 Å². The molecule has 0 bridgehead atoms. The van der Waals surface area contributed by atoms with Crippen LogP contribution < -0.4 is 20.5 Å². The first-order valence-corrected chi connectivity index (χ1v) is 6.45. The molecule has 1 aliphatic heterocycles. The number of hydrogen-bond acceptors (Lipinski definition) is 4. The second-order valence-corrected chi connectivity index (χ2v) is 4.68. The lowest BCUT2D eigenvalue weighted by Crippen LogP contribution is -2.28. The van der Waals surface area contributed by atoms with Crippen LogP contribution in [0.25, 0.3) is 0 Å². The van der Waals surface area contributed by atoms with E-state index in [1.54, 1.807) is 14.2 Å². The Kier molecular flexibility index (Phi) is 4.44. The van der Waals surface area contributed by atoms with E-state index < -0.39 is 0 Å². The van der Waals surface area contributed by atoms with Gasteiger partial charge < -0.3 is 20.5 Å². The summed E-state index contributed by atoms with van der Waals surface area (Å²) in [5.74, 6) is 2.20. The summed E-state index contributed by atoms with van der Waals surface area (Å²) >= 11 is 0. The predicted molar refractivity (Wildman–Crippen MR) is 72.4 cm³/mol. The van der Waals surface area contributed by atoms with Crippen molar-refractivity contribution in [1.82, 2.24) is 5.32 Å². The highest BCUT2D eigenvalue weighted by Crippen LogP contribution is 2.34. The second kappa shape index (κ2) is 6.07. The second-order valence-electron chi connectivity index (χ2n) is 4.68. The van der Waals surface area contributed by atoms with Crippen LogP contribution in [0.1, 0.15) is 24.3 Å². The lowest BCUT2D eigenvalue weighted by Gasteiger charge is -2.20. The van der Waals surface area contributed by atoms with E-state index in [0.717, 1.165) is 37.4 Å². The summed E-state index contributed by atoms with van der Waals surface area (Å²) in [7, 11) is 3.37. The van der Waals surface area contributed by atoms with Crippen LogP contribution in [0.3, 0.4) is 0 Å². The molecule has 0 aliphatic carbocycles. The maximum atomic E-state index is 5.67. The molecule has 4 heteroatoms. The third-order valence-electron chi connectivity index (χ3n) is 3.63. The fraction of sp³-hybridized carbons (Fsp3) is 0.571. The molecule has 2 rings (SSSR count). The van der Waals surface area contributed by atoms with Gasteiger partial charge in [0.05, 0.1) is 14.2 Å². The zero-order chi connectivity index (χ0) is 13.0. The molecule has 100 valence electrons. The van der Waals surface area contributed by atoms with Gasteiger partial charge in [0.2, 0.25) is 0 Å². The first-order valence-electron chi connectivity index (χ1n) is 6.45. The molecular weight excluding hydrogens is 228 g/mol. The summed E-state index contributed by atoms with van der Waals surface area (Å²) in [4.78, 5) is 0. The van der Waals surface area contributed by atoms with Gasteiger partial charge in [-0.05, 0) is 43.6 Å². The van der Waals surface area contributed by atoms with E-state index in [4.69, 9.17) is 15.2 Å². The third-order valence-corrected chi connectivity index (χ3v) is 3.63. The number of benzene rings is 1. The average molecular weight is 250 g/mol. The highest BCUT2D eigenvalue weighted by atomic mass is 16.5. The number of methoxy groups -OCH3 is 2. The number of ether oxygens (including phenoxy) is 2. The van der Waals surface area contributed by atoms with Crippen molar-refractivity contribution in [3.05, 3.63) is 23.8 Å². The van der Waals surface area contributed by atoms with E-state index in [0.29, 0.717) is 12.0 Å². The Hall–Kier alpha value is -1.26. The summed E-state index contributed by atoms with van der Waals surface area (Å²) in [5.41, 5.74) is 6.94. The SMILES string of the molecule is COc1cc(OC)cc(C2CCNC2CCN)c1. The van der Waals surface area contributed by atoms with Gasteiger partial charge in [0.15, 0.2) is 0 Å². The molecule has 1 saturated heterocycles. The van der Waals surface area contributed by atoms with Gasteiger partial charge in [-0.3, -0.25) is 0 Å². The van der Waals surface area contributed by atoms with Gasteiger partial charge in [-0.1, -0.05) is 0 Å². The monoisotopic (exact) mass is 250 g/mol. The molecule has 0 spiro atoms. The summed E-state index contributed by atoms with van der Waals surface area (Å²) < 4.78 is 10.7. The molecule has 1 heterocycles. The molecule has 2 unspecified atom stereocenters. The highest BCUT2D eigenvalue weighted by Gasteiger charge is 2.28. The Bertz CT molecular complexity index is 373. The van der Waals surface area contributed by atoms with Crippen molar-refractivity contribution >= 4 is 0 Å². The van der Waals surface area contributed by atoms with E-state index in [2.05, 4.69) is 17.4 Å². The number of rotatable bonds is 5. The van der Waals surface area contributed by atoms with Crippen LogP contribution in [-0.2, 0) is 0 Å². The first-order chi connectivity index (χ1) is 8.78. The number of nitrogens with one attached hydrogen (secondary N) is 1. The van der Waals surface area contributed by atoms with Gasteiger partial charge in [0, 0.05) is 18.0 Å². The molecule has 0 radical (unpaired) electrons. The topological polar surface area (TPSA) is 56.5 Å². The van der Waals surface area contributed by atoms with Crippen molar-refractivity contribution in [3.8, 4) is 11.5 Å². The minimum absolute atomic E-state index is 0.465. The molecule has 0 saturated carbocycles. The van der Waals surface area contributed by atoms with Crippen molar-refractivity contribution < 1.29 is 9.47 Å². The fourth-order valence-electron chi connectivity index (χ4n) is 2.69. The largest absolute Gasteiger partial charge is 0.497 e. The molecule has 1 fully saturated rings. The maximum Gasteiger partial charge on any atom is 0.122 e. The van der Waals surface area contributed by atoms with Crippen molar-refractivity contribution in [2.24, 2.45) is 5.73 Å². The van der Waals surface area contributed by atoms with Crippen molar-refractivity contribution in [3.63, 3.8) is 0 Å². The summed E-state index contributed by atoms with van der Waals surface area (Å²) in [6.07, 6.45) is 2.14. The minimum Gasteiger partial charge on any atom is -0.497 e. The predicted octanol–water partition coefficient (Wildman–Crippen LogP) is 1.50. The van der Waals surface area contributed by atoms with Crippen LogP contribution in [0.15, 0.2) is 18.2 Å². The third kappa shape index (κ3) is 2.76. The molecular formula is C14H22N2O2. The quantitative estimate of drug-likeness (QED) is 0.831. The van der Waals surface area contributed by atoms with Crippen molar-refractivity contribution in [2.45, 2.75) is 24.8 Å². The molecule has 3 N–H and O–H groups in total. The van der Waals surface area contributed by atoms with Gasteiger partial charge in [-0.2, -0.15) is 0 Å². The zero-order valence-electron chi connectivity index (χ0n) is 11.1. The maximum absolute atomic E-state index is 5.67. The standard InChI is InChI=1S/C14H22N2O2/c1-17-11-7-10(8-12(9-11)18-2)13-4-6-16-14(13)3-5-15/h7-9,13-14,16H,3-6,15H2,1-2H3. The summed E-state index contributed by atoms with van der Waals surface area (Å²) in [6, 6.07) is 6.57. The lowest BCUT2D eigenvalue weighted by molar-refractivity contribution is 0.391. The fourth-order valence-corrected chi connectivity index (χ4v) is 2.69. The van der Waals surface area contributed by atoms with Gasteiger partial charge >= 0.3 is 0 Å². The Morgan fingerprint density at radius 2 is 1.89 bits per heavy atom. The number of nitrogens with two attached hydrogens (primary N) is 1. The van der Waals surface area contributed by atoms with Crippen LogP contribution in [0.4, 0.5) is 0 Å². The van der Waals surface area contributed by atoms with Crippen molar-refractivity contribution in [1.29, 1.82) is 0 Å². The van der Waals surface area contributed by atoms with Gasteiger partial charge in [0.25, 0.3) is 0 Å². The lowest BCUT2D eigenvalue weighted by atomic mass is 9.90. The smallest absolute Gasteiger partial charge is 0.122 e. The highest BCUT2D eigenvalue weighted by molar-refractivity contribution is 5.40. The Morgan fingerprint density at radius 1 is 1.22 bits per heavy atom. The average Bonchev–Trinajstić information content (AvgIpc) is 2.87. The molecule has 1 aliphatic rings. The van der Waals surface area contributed by atoms with Crippen molar-refractivity contribution in [2.75, 3.05) is 27.3 Å². The van der Waals surface area contributed by atoms with E-state index in [1.807, 2.05) is 6.07 Å². The van der Waals surface area contributed by atoms with Gasteiger partial charge in [-0.25, -0.2) is 0 Å². The summed E-state index contributed by atoms with van der Waals surface area (Å²) in [6.45, 7) is 1.77. The molecule has 1 aromatic rings. The Balaban J connectivity index is 2.25. The molecule has 0 amide bonds. The normalized spacial score (nSPS) is 23.1. The van der Waals surface area contributed by atoms with E-state index >= 15 is 0 Å². The zero-order valence-corrected chi connectivity index (χ0v) is 11.1. The molecule has 1 aromatic carbocycles. The Morgan fingerprint density at radius 3 is 2.44 bits per heavy atom. The van der Waals surface area contributed by atoms with Crippen LogP contribution in [0.2, 0.25) is 0 Å². The van der Waals surface area contributed by atoms with Crippen LogP contribution in [0.5, 0.6) is 11.5 Å². The van der Waals surface area contributed by atoms with Crippen LogP contribution >= 0.6 is 0 Å². The van der Waals surface area contributed by atoms with Crippen LogP contribution in [-0.4, -0.2) is 33.4 Å².